The summed E-state index contributed by atoms with van der Waals surface area (Å²) in [7, 11) is 1.69. The first-order valence-corrected chi connectivity index (χ1v) is 11.1. The van der Waals surface area contributed by atoms with Crippen molar-refractivity contribution in [3.8, 4) is 11.3 Å². The SMILES string of the molecule is CN(Cc1csc(CN=Nc2ccc(-c3cnco3)c(I)c2)n1)C(=O)OC(C)(C)C. The Morgan fingerprint density at radius 1 is 1.37 bits per heavy atom. The van der Waals surface area contributed by atoms with Crippen molar-refractivity contribution in [2.24, 2.45) is 10.2 Å². The fraction of sp³-hybridized carbons (Fsp3) is 0.350. The molecule has 0 radical (unpaired) electrons. The molecule has 1 amide bonds. The Balaban J connectivity index is 1.56. The van der Waals surface area contributed by atoms with Crippen molar-refractivity contribution in [1.29, 1.82) is 0 Å². The standard InChI is InChI=1S/C20H22IN5O3S/c1-20(2,3)29-19(27)26(4)10-14-11-30-18(24-14)9-23-25-13-5-6-15(16(21)7-13)17-8-22-12-28-17/h5-8,11-12H,9-10H2,1-4H3. The number of oxazole rings is 1. The van der Waals surface area contributed by atoms with E-state index in [0.717, 1.165) is 31.3 Å². The number of azo groups is 1. The molecule has 0 aliphatic heterocycles. The normalized spacial score (nSPS) is 11.8. The zero-order valence-corrected chi connectivity index (χ0v) is 20.1. The smallest absolute Gasteiger partial charge is 0.410 e. The first kappa shape index (κ1) is 22.3. The van der Waals surface area contributed by atoms with Crippen LogP contribution in [-0.2, 0) is 17.8 Å². The fourth-order valence-corrected chi connectivity index (χ4v) is 3.90. The lowest BCUT2D eigenvalue weighted by atomic mass is 10.2. The second kappa shape index (κ2) is 9.65. The molecule has 30 heavy (non-hydrogen) atoms. The number of nitrogens with zero attached hydrogens (tertiary/aromatic N) is 5. The van der Waals surface area contributed by atoms with E-state index in [9.17, 15) is 4.79 Å². The van der Waals surface area contributed by atoms with Gasteiger partial charge in [-0.2, -0.15) is 10.2 Å². The number of ether oxygens (including phenoxy) is 1. The number of aromatic nitrogens is 2. The Kier molecular flexibility index (Phi) is 7.19. The Morgan fingerprint density at radius 2 is 2.17 bits per heavy atom. The van der Waals surface area contributed by atoms with Crippen LogP contribution in [0.2, 0.25) is 0 Å². The van der Waals surface area contributed by atoms with Gasteiger partial charge in [0.15, 0.2) is 12.2 Å². The highest BCUT2D eigenvalue weighted by Crippen LogP contribution is 2.28. The van der Waals surface area contributed by atoms with Crippen LogP contribution < -0.4 is 0 Å². The lowest BCUT2D eigenvalue weighted by Crippen LogP contribution is -2.33. The van der Waals surface area contributed by atoms with Crippen molar-refractivity contribution in [3.05, 3.63) is 50.4 Å². The third kappa shape index (κ3) is 6.33. The second-order valence-corrected chi connectivity index (χ2v) is 9.60. The summed E-state index contributed by atoms with van der Waals surface area (Å²) in [5.41, 5.74) is 1.99. The number of benzene rings is 1. The van der Waals surface area contributed by atoms with Crippen molar-refractivity contribution < 1.29 is 13.9 Å². The van der Waals surface area contributed by atoms with Crippen LogP contribution in [0.5, 0.6) is 0 Å². The summed E-state index contributed by atoms with van der Waals surface area (Å²) in [4.78, 5) is 22.0. The molecule has 3 aromatic rings. The van der Waals surface area contributed by atoms with Crippen molar-refractivity contribution in [2.75, 3.05) is 7.05 Å². The van der Waals surface area contributed by atoms with Gasteiger partial charge in [-0.15, -0.1) is 11.3 Å². The molecule has 0 unspecified atom stereocenters. The number of carbonyl (C=O) groups is 1. The Labute approximate surface area is 192 Å². The van der Waals surface area contributed by atoms with E-state index < -0.39 is 5.60 Å². The number of carbonyl (C=O) groups excluding carboxylic acids is 1. The topological polar surface area (TPSA) is 93.2 Å². The summed E-state index contributed by atoms with van der Waals surface area (Å²) in [6, 6.07) is 5.75. The summed E-state index contributed by atoms with van der Waals surface area (Å²) < 4.78 is 11.7. The van der Waals surface area contributed by atoms with Gasteiger partial charge in [0.2, 0.25) is 0 Å². The largest absolute Gasteiger partial charge is 0.444 e. The monoisotopic (exact) mass is 539 g/mol. The zero-order valence-electron chi connectivity index (χ0n) is 17.1. The van der Waals surface area contributed by atoms with Gasteiger partial charge >= 0.3 is 6.09 Å². The molecule has 158 valence electrons. The molecular formula is C20H22IN5O3S. The maximum Gasteiger partial charge on any atom is 0.410 e. The van der Waals surface area contributed by atoms with Crippen LogP contribution in [0.25, 0.3) is 11.3 Å². The van der Waals surface area contributed by atoms with Gasteiger partial charge in [0.1, 0.15) is 17.2 Å². The van der Waals surface area contributed by atoms with Crippen LogP contribution >= 0.6 is 33.9 Å². The van der Waals surface area contributed by atoms with Crippen molar-refractivity contribution in [1.82, 2.24) is 14.9 Å². The lowest BCUT2D eigenvalue weighted by molar-refractivity contribution is 0.0283. The highest BCUT2D eigenvalue weighted by Gasteiger charge is 2.20. The average Bonchev–Trinajstić information content (AvgIpc) is 3.33. The molecule has 0 saturated carbocycles. The summed E-state index contributed by atoms with van der Waals surface area (Å²) >= 11 is 3.73. The average molecular weight is 539 g/mol. The van der Waals surface area contributed by atoms with Gasteiger partial charge in [0, 0.05) is 21.6 Å². The molecule has 8 nitrogen and oxygen atoms in total. The predicted molar refractivity (Wildman–Crippen MR) is 123 cm³/mol. The van der Waals surface area contributed by atoms with E-state index in [1.165, 1.54) is 22.6 Å². The Bertz CT molecular complexity index is 1030. The molecule has 0 aliphatic rings. The minimum Gasteiger partial charge on any atom is -0.444 e. The van der Waals surface area contributed by atoms with Crippen LogP contribution in [-0.4, -0.2) is 33.6 Å². The first-order chi connectivity index (χ1) is 14.2. The van der Waals surface area contributed by atoms with Crippen LogP contribution in [0, 0.1) is 3.57 Å². The summed E-state index contributed by atoms with van der Waals surface area (Å²) in [6.45, 7) is 6.28. The number of amides is 1. The van der Waals surface area contributed by atoms with Gasteiger partial charge in [-0.25, -0.2) is 14.8 Å². The summed E-state index contributed by atoms with van der Waals surface area (Å²) in [5, 5.41) is 11.3. The third-order valence-electron chi connectivity index (χ3n) is 3.75. The predicted octanol–water partition coefficient (Wildman–Crippen LogP) is 6.05. The van der Waals surface area contributed by atoms with Gasteiger partial charge in [0.25, 0.3) is 0 Å². The molecule has 3 rings (SSSR count). The quantitative estimate of drug-likeness (QED) is 0.281. The molecular weight excluding hydrogens is 517 g/mol. The Hall–Kier alpha value is -2.34. The van der Waals surface area contributed by atoms with Gasteiger partial charge in [-0.3, -0.25) is 0 Å². The molecule has 10 heteroatoms. The first-order valence-electron chi connectivity index (χ1n) is 9.14. The zero-order chi connectivity index (χ0) is 21.7. The van der Waals surface area contributed by atoms with Crippen molar-refractivity contribution >= 4 is 45.7 Å². The number of hydrogen-bond donors (Lipinski definition) is 0. The molecule has 0 atom stereocenters. The van der Waals surface area contributed by atoms with Crippen molar-refractivity contribution in [2.45, 2.75) is 39.5 Å². The van der Waals surface area contributed by atoms with Crippen LogP contribution in [0.4, 0.5) is 10.5 Å². The minimum atomic E-state index is -0.524. The van der Waals surface area contributed by atoms with E-state index in [-0.39, 0.29) is 6.09 Å². The molecule has 0 saturated heterocycles. The summed E-state index contributed by atoms with van der Waals surface area (Å²) in [6.07, 6.45) is 2.71. The van der Waals surface area contributed by atoms with E-state index in [4.69, 9.17) is 9.15 Å². The van der Waals surface area contributed by atoms with E-state index in [2.05, 4.69) is 42.8 Å². The van der Waals surface area contributed by atoms with Gasteiger partial charge in [0.05, 0.1) is 24.1 Å². The molecule has 2 aromatic heterocycles. The molecule has 0 N–H and O–H groups in total. The van der Waals surface area contributed by atoms with E-state index >= 15 is 0 Å². The number of halogens is 1. The van der Waals surface area contributed by atoms with Crippen LogP contribution in [0.1, 0.15) is 31.5 Å². The van der Waals surface area contributed by atoms with Gasteiger partial charge in [-0.05, 0) is 61.6 Å². The number of thiazole rings is 1. The fourth-order valence-electron chi connectivity index (χ4n) is 2.43. The maximum atomic E-state index is 12.1. The van der Waals surface area contributed by atoms with Crippen molar-refractivity contribution in [3.63, 3.8) is 0 Å². The van der Waals surface area contributed by atoms with E-state index in [0.29, 0.717) is 13.1 Å². The van der Waals surface area contributed by atoms with Gasteiger partial charge < -0.3 is 14.1 Å². The van der Waals surface area contributed by atoms with E-state index in [1.807, 2.05) is 44.4 Å². The molecule has 0 aliphatic carbocycles. The van der Waals surface area contributed by atoms with Crippen LogP contribution in [0.3, 0.4) is 0 Å². The number of rotatable bonds is 6. The summed E-state index contributed by atoms with van der Waals surface area (Å²) in [5.74, 6) is 0.717. The molecule has 0 spiro atoms. The highest BCUT2D eigenvalue weighted by molar-refractivity contribution is 14.1. The number of hydrogen-bond acceptors (Lipinski definition) is 8. The molecule has 2 heterocycles. The molecule has 0 fully saturated rings. The maximum absolute atomic E-state index is 12.1. The lowest BCUT2D eigenvalue weighted by Gasteiger charge is -2.24. The highest BCUT2D eigenvalue weighted by atomic mass is 127. The molecule has 0 bridgehead atoms. The third-order valence-corrected chi connectivity index (χ3v) is 5.52. The Morgan fingerprint density at radius 3 is 2.83 bits per heavy atom. The second-order valence-electron chi connectivity index (χ2n) is 7.50. The minimum absolute atomic E-state index is 0.375. The molecule has 1 aromatic carbocycles. The van der Waals surface area contributed by atoms with Crippen LogP contribution in [0.15, 0.2) is 50.8 Å². The van der Waals surface area contributed by atoms with Gasteiger partial charge in [-0.1, -0.05) is 0 Å². The van der Waals surface area contributed by atoms with E-state index in [1.54, 1.807) is 13.2 Å².